The van der Waals surface area contributed by atoms with Crippen LogP contribution in [0, 0.1) is 6.92 Å². The molecule has 1 aromatic heterocycles. The van der Waals surface area contributed by atoms with E-state index in [1.54, 1.807) is 11.3 Å². The lowest BCUT2D eigenvalue weighted by atomic mass is 10.0. The Morgan fingerprint density at radius 3 is 2.85 bits per heavy atom. The minimum absolute atomic E-state index is 0.439. The average molecular weight is 287 g/mol. The first kappa shape index (κ1) is 13.7. The van der Waals surface area contributed by atoms with Crippen LogP contribution in [0.3, 0.4) is 0 Å². The van der Waals surface area contributed by atoms with Crippen molar-refractivity contribution in [2.75, 3.05) is 13.1 Å². The van der Waals surface area contributed by atoms with Crippen LogP contribution >= 0.6 is 11.3 Å². The van der Waals surface area contributed by atoms with Gasteiger partial charge in [0.2, 0.25) is 0 Å². The summed E-state index contributed by atoms with van der Waals surface area (Å²) in [5.74, 6) is 0. The molecule has 0 bridgehead atoms. The predicted molar refractivity (Wildman–Crippen MR) is 83.9 cm³/mol. The second kappa shape index (κ2) is 6.04. The predicted octanol–water partition coefficient (Wildman–Crippen LogP) is 2.99. The Morgan fingerprint density at radius 2 is 2.15 bits per heavy atom. The lowest BCUT2D eigenvalue weighted by molar-refractivity contribution is 0.126. The van der Waals surface area contributed by atoms with E-state index in [0.717, 1.165) is 24.6 Å². The number of aryl methyl sites for hydroxylation is 1. The summed E-state index contributed by atoms with van der Waals surface area (Å²) in [4.78, 5) is 7.16. The fourth-order valence-electron chi connectivity index (χ4n) is 2.85. The molecular weight excluding hydrogens is 266 g/mol. The Kier molecular flexibility index (Phi) is 4.15. The summed E-state index contributed by atoms with van der Waals surface area (Å²) in [7, 11) is 0. The molecule has 1 saturated heterocycles. The molecule has 1 fully saturated rings. The maximum absolute atomic E-state index is 4.61. The topological polar surface area (TPSA) is 28.2 Å². The zero-order valence-corrected chi connectivity index (χ0v) is 12.9. The van der Waals surface area contributed by atoms with Crippen molar-refractivity contribution in [3.8, 4) is 0 Å². The highest BCUT2D eigenvalue weighted by Crippen LogP contribution is 2.25. The third-order valence-corrected chi connectivity index (χ3v) is 4.65. The van der Waals surface area contributed by atoms with Crippen molar-refractivity contribution in [1.29, 1.82) is 0 Å². The van der Waals surface area contributed by atoms with E-state index in [0.29, 0.717) is 12.1 Å². The van der Waals surface area contributed by atoms with Crippen molar-refractivity contribution in [1.82, 2.24) is 15.2 Å². The van der Waals surface area contributed by atoms with Crippen LogP contribution in [-0.4, -0.2) is 29.0 Å². The number of hydrogen-bond donors (Lipinski definition) is 1. The molecule has 2 atom stereocenters. The maximum atomic E-state index is 4.61. The smallest absolute Gasteiger partial charge is 0.0897 e. The summed E-state index contributed by atoms with van der Waals surface area (Å²) in [6, 6.07) is 11.8. The van der Waals surface area contributed by atoms with Gasteiger partial charge in [0.1, 0.15) is 0 Å². The zero-order valence-electron chi connectivity index (χ0n) is 12.0. The Labute approximate surface area is 124 Å². The van der Waals surface area contributed by atoms with E-state index in [4.69, 9.17) is 0 Å². The van der Waals surface area contributed by atoms with E-state index < -0.39 is 0 Å². The van der Waals surface area contributed by atoms with Gasteiger partial charge < -0.3 is 5.32 Å². The molecule has 2 heterocycles. The van der Waals surface area contributed by atoms with Gasteiger partial charge in [0, 0.05) is 37.1 Å². The molecule has 2 unspecified atom stereocenters. The SMILES string of the molecule is Cc1nc(CN2CC(C)NCC2c2ccccc2)cs1. The Morgan fingerprint density at radius 1 is 1.35 bits per heavy atom. The van der Waals surface area contributed by atoms with Crippen LogP contribution in [-0.2, 0) is 6.54 Å². The molecule has 2 aromatic rings. The van der Waals surface area contributed by atoms with Crippen LogP contribution in [0.4, 0.5) is 0 Å². The molecule has 1 N–H and O–H groups in total. The van der Waals surface area contributed by atoms with Gasteiger partial charge in [-0.1, -0.05) is 30.3 Å². The van der Waals surface area contributed by atoms with Crippen LogP contribution in [0.15, 0.2) is 35.7 Å². The lowest BCUT2D eigenvalue weighted by Crippen LogP contribution is -2.50. The summed E-state index contributed by atoms with van der Waals surface area (Å²) in [5.41, 5.74) is 2.58. The van der Waals surface area contributed by atoms with Crippen LogP contribution < -0.4 is 5.32 Å². The zero-order chi connectivity index (χ0) is 13.9. The van der Waals surface area contributed by atoms with E-state index >= 15 is 0 Å². The molecule has 20 heavy (non-hydrogen) atoms. The normalized spacial score (nSPS) is 23.9. The Hall–Kier alpha value is -1.23. The molecular formula is C16H21N3S. The van der Waals surface area contributed by atoms with Gasteiger partial charge in [0.05, 0.1) is 10.7 Å². The van der Waals surface area contributed by atoms with E-state index in [9.17, 15) is 0 Å². The van der Waals surface area contributed by atoms with Crippen molar-refractivity contribution >= 4 is 11.3 Å². The number of nitrogens with one attached hydrogen (secondary N) is 1. The maximum Gasteiger partial charge on any atom is 0.0897 e. The van der Waals surface area contributed by atoms with Crippen molar-refractivity contribution in [3.63, 3.8) is 0 Å². The third-order valence-electron chi connectivity index (χ3n) is 3.82. The second-order valence-electron chi connectivity index (χ2n) is 5.52. The highest BCUT2D eigenvalue weighted by atomic mass is 32.1. The first-order valence-electron chi connectivity index (χ1n) is 7.16. The Bertz CT molecular complexity index is 552. The molecule has 1 aromatic carbocycles. The Balaban J connectivity index is 1.80. The lowest BCUT2D eigenvalue weighted by Gasteiger charge is -2.39. The minimum Gasteiger partial charge on any atom is -0.311 e. The minimum atomic E-state index is 0.439. The molecule has 1 aliphatic heterocycles. The van der Waals surface area contributed by atoms with E-state index in [-0.39, 0.29) is 0 Å². The van der Waals surface area contributed by atoms with E-state index in [1.165, 1.54) is 11.3 Å². The first-order valence-corrected chi connectivity index (χ1v) is 8.04. The molecule has 106 valence electrons. The van der Waals surface area contributed by atoms with Gasteiger partial charge in [-0.15, -0.1) is 11.3 Å². The molecule has 0 spiro atoms. The van der Waals surface area contributed by atoms with Crippen molar-refractivity contribution in [2.24, 2.45) is 0 Å². The highest BCUT2D eigenvalue weighted by Gasteiger charge is 2.27. The molecule has 0 amide bonds. The van der Waals surface area contributed by atoms with Crippen LogP contribution in [0.25, 0.3) is 0 Å². The van der Waals surface area contributed by atoms with Crippen molar-refractivity contribution in [3.05, 3.63) is 52.0 Å². The summed E-state index contributed by atoms with van der Waals surface area (Å²) in [5, 5.41) is 6.93. The van der Waals surface area contributed by atoms with Crippen molar-refractivity contribution < 1.29 is 0 Å². The average Bonchev–Trinajstić information content (AvgIpc) is 2.85. The summed E-state index contributed by atoms with van der Waals surface area (Å²) in [6.45, 7) is 7.34. The summed E-state index contributed by atoms with van der Waals surface area (Å²) in [6.07, 6.45) is 0. The first-order chi connectivity index (χ1) is 9.72. The summed E-state index contributed by atoms with van der Waals surface area (Å²) >= 11 is 1.74. The van der Waals surface area contributed by atoms with Gasteiger partial charge >= 0.3 is 0 Å². The third kappa shape index (κ3) is 3.08. The largest absolute Gasteiger partial charge is 0.311 e. The second-order valence-corrected chi connectivity index (χ2v) is 6.59. The van der Waals surface area contributed by atoms with Gasteiger partial charge in [-0.3, -0.25) is 4.90 Å². The van der Waals surface area contributed by atoms with Crippen LogP contribution in [0.2, 0.25) is 0 Å². The van der Waals surface area contributed by atoms with Crippen LogP contribution in [0.1, 0.15) is 29.2 Å². The molecule has 3 rings (SSSR count). The number of benzene rings is 1. The number of hydrogen-bond acceptors (Lipinski definition) is 4. The number of rotatable bonds is 3. The highest BCUT2D eigenvalue weighted by molar-refractivity contribution is 7.09. The molecule has 0 aliphatic carbocycles. The monoisotopic (exact) mass is 287 g/mol. The summed E-state index contributed by atoms with van der Waals surface area (Å²) < 4.78 is 0. The van der Waals surface area contributed by atoms with Crippen molar-refractivity contribution in [2.45, 2.75) is 32.5 Å². The number of aromatic nitrogens is 1. The van der Waals surface area contributed by atoms with Gasteiger partial charge in [-0.05, 0) is 19.4 Å². The molecule has 1 aliphatic rings. The fourth-order valence-corrected chi connectivity index (χ4v) is 3.46. The molecule has 4 heteroatoms. The number of piperazine rings is 1. The van der Waals surface area contributed by atoms with Crippen LogP contribution in [0.5, 0.6) is 0 Å². The molecule has 3 nitrogen and oxygen atoms in total. The van der Waals surface area contributed by atoms with Gasteiger partial charge in [0.15, 0.2) is 0 Å². The quantitative estimate of drug-likeness (QED) is 0.940. The number of thiazole rings is 1. The van der Waals surface area contributed by atoms with E-state index in [2.05, 4.69) is 64.8 Å². The molecule has 0 radical (unpaired) electrons. The molecule has 0 saturated carbocycles. The standard InChI is InChI=1S/C16H21N3S/c1-12-9-19(10-15-11-20-13(2)18-15)16(8-17-12)14-6-4-3-5-7-14/h3-7,11-12,16-17H,8-10H2,1-2H3. The van der Waals surface area contributed by atoms with Gasteiger partial charge in [-0.25, -0.2) is 4.98 Å². The van der Waals surface area contributed by atoms with Gasteiger partial charge in [0.25, 0.3) is 0 Å². The fraction of sp³-hybridized carbons (Fsp3) is 0.438. The number of nitrogens with zero attached hydrogens (tertiary/aromatic N) is 2. The van der Waals surface area contributed by atoms with E-state index in [1.807, 2.05) is 0 Å². The van der Waals surface area contributed by atoms with Gasteiger partial charge in [-0.2, -0.15) is 0 Å².